The van der Waals surface area contributed by atoms with Crippen molar-refractivity contribution in [3.05, 3.63) is 11.2 Å². The Morgan fingerprint density at radius 3 is 3.06 bits per heavy atom. The third kappa shape index (κ3) is 3.10. The van der Waals surface area contributed by atoms with Gasteiger partial charge in [-0.25, -0.2) is 4.98 Å². The standard InChI is InChI=1S/C9H13ClN4O.ClH/c1-15-8-7(10)5-12-9(14-8)13-6-2-3-11-4-6;/h5-6,11H,2-4H2,1H3,(H,12,13,14);1H/t6-;/m1./s1. The molecule has 0 aromatic carbocycles. The molecule has 0 spiro atoms. The summed E-state index contributed by atoms with van der Waals surface area (Å²) in [5.41, 5.74) is 0. The first-order chi connectivity index (χ1) is 7.29. The van der Waals surface area contributed by atoms with Gasteiger partial charge in [-0.3, -0.25) is 0 Å². The summed E-state index contributed by atoms with van der Waals surface area (Å²) >= 11 is 5.82. The van der Waals surface area contributed by atoms with Gasteiger partial charge >= 0.3 is 0 Å². The summed E-state index contributed by atoms with van der Waals surface area (Å²) in [7, 11) is 1.54. The number of nitrogens with zero attached hydrogens (tertiary/aromatic N) is 2. The minimum absolute atomic E-state index is 0. The molecule has 0 unspecified atom stereocenters. The number of rotatable bonds is 3. The maximum Gasteiger partial charge on any atom is 0.237 e. The highest BCUT2D eigenvalue weighted by molar-refractivity contribution is 6.31. The average Bonchev–Trinajstić information content (AvgIpc) is 2.73. The molecular weight excluding hydrogens is 251 g/mol. The number of nitrogens with one attached hydrogen (secondary N) is 2. The fourth-order valence-electron chi connectivity index (χ4n) is 1.52. The van der Waals surface area contributed by atoms with Crippen molar-refractivity contribution in [1.29, 1.82) is 0 Å². The van der Waals surface area contributed by atoms with Crippen LogP contribution in [0.2, 0.25) is 5.02 Å². The molecule has 2 heterocycles. The Morgan fingerprint density at radius 1 is 1.62 bits per heavy atom. The van der Waals surface area contributed by atoms with Crippen molar-refractivity contribution in [3.63, 3.8) is 0 Å². The first-order valence-corrected chi connectivity index (χ1v) is 5.21. The van der Waals surface area contributed by atoms with E-state index in [1.807, 2.05) is 0 Å². The van der Waals surface area contributed by atoms with Crippen LogP contribution in [0.25, 0.3) is 0 Å². The maximum absolute atomic E-state index is 5.82. The second kappa shape index (κ2) is 6.08. The number of methoxy groups -OCH3 is 1. The first-order valence-electron chi connectivity index (χ1n) is 4.83. The van der Waals surface area contributed by atoms with Crippen LogP contribution in [0.15, 0.2) is 6.20 Å². The van der Waals surface area contributed by atoms with Gasteiger partial charge in [-0.2, -0.15) is 4.98 Å². The van der Waals surface area contributed by atoms with Gasteiger partial charge in [-0.1, -0.05) is 11.6 Å². The zero-order chi connectivity index (χ0) is 10.7. The molecule has 0 aliphatic carbocycles. The lowest BCUT2D eigenvalue weighted by molar-refractivity contribution is 0.397. The van der Waals surface area contributed by atoms with Crippen molar-refractivity contribution in [2.45, 2.75) is 12.5 Å². The number of aromatic nitrogens is 2. The van der Waals surface area contributed by atoms with E-state index in [0.29, 0.717) is 22.9 Å². The predicted octanol–water partition coefficient (Wildman–Crippen LogP) is 1.33. The predicted molar refractivity (Wildman–Crippen MR) is 65.7 cm³/mol. The lowest BCUT2D eigenvalue weighted by atomic mass is 10.3. The minimum Gasteiger partial charge on any atom is -0.480 e. The number of hydrogen-bond acceptors (Lipinski definition) is 5. The number of ether oxygens (including phenoxy) is 1. The Bertz CT molecular complexity index is 344. The molecule has 90 valence electrons. The molecule has 1 fully saturated rings. The van der Waals surface area contributed by atoms with E-state index in [1.54, 1.807) is 0 Å². The Morgan fingerprint density at radius 2 is 2.44 bits per heavy atom. The van der Waals surface area contributed by atoms with Gasteiger partial charge in [0.15, 0.2) is 0 Å². The van der Waals surface area contributed by atoms with Gasteiger partial charge in [-0.05, 0) is 13.0 Å². The largest absolute Gasteiger partial charge is 0.480 e. The van der Waals surface area contributed by atoms with E-state index < -0.39 is 0 Å². The van der Waals surface area contributed by atoms with Gasteiger partial charge in [0.25, 0.3) is 0 Å². The maximum atomic E-state index is 5.82. The summed E-state index contributed by atoms with van der Waals surface area (Å²) in [5.74, 6) is 0.963. The summed E-state index contributed by atoms with van der Waals surface area (Å²) < 4.78 is 5.01. The summed E-state index contributed by atoms with van der Waals surface area (Å²) in [5, 5.41) is 6.90. The Labute approximate surface area is 105 Å². The van der Waals surface area contributed by atoms with Gasteiger partial charge in [0.1, 0.15) is 5.02 Å². The Balaban J connectivity index is 0.00000128. The summed E-state index contributed by atoms with van der Waals surface area (Å²) in [4.78, 5) is 8.24. The molecule has 1 aromatic rings. The average molecular weight is 265 g/mol. The molecule has 1 aromatic heterocycles. The highest BCUT2D eigenvalue weighted by atomic mass is 35.5. The minimum atomic E-state index is 0. The molecule has 0 bridgehead atoms. The fourth-order valence-corrected chi connectivity index (χ4v) is 1.69. The van der Waals surface area contributed by atoms with Crippen molar-refractivity contribution in [2.24, 2.45) is 0 Å². The van der Waals surface area contributed by atoms with E-state index in [4.69, 9.17) is 16.3 Å². The van der Waals surface area contributed by atoms with E-state index in [-0.39, 0.29) is 12.4 Å². The number of anilines is 1. The Hall–Kier alpha value is -0.780. The molecule has 2 N–H and O–H groups in total. The van der Waals surface area contributed by atoms with Crippen LogP contribution in [-0.4, -0.2) is 36.2 Å². The normalized spacial score (nSPS) is 19.0. The smallest absolute Gasteiger partial charge is 0.237 e. The van der Waals surface area contributed by atoms with E-state index in [2.05, 4.69) is 20.6 Å². The summed E-state index contributed by atoms with van der Waals surface area (Å²) in [6.07, 6.45) is 2.62. The lowest BCUT2D eigenvalue weighted by Gasteiger charge is -2.11. The summed E-state index contributed by atoms with van der Waals surface area (Å²) in [6, 6.07) is 0.385. The summed E-state index contributed by atoms with van der Waals surface area (Å²) in [6.45, 7) is 1.97. The topological polar surface area (TPSA) is 59.1 Å². The van der Waals surface area contributed by atoms with Gasteiger partial charge in [0.2, 0.25) is 11.8 Å². The van der Waals surface area contributed by atoms with Crippen molar-refractivity contribution in [2.75, 3.05) is 25.5 Å². The highest BCUT2D eigenvalue weighted by Gasteiger charge is 2.15. The highest BCUT2D eigenvalue weighted by Crippen LogP contribution is 2.21. The van der Waals surface area contributed by atoms with Gasteiger partial charge in [0.05, 0.1) is 13.3 Å². The zero-order valence-electron chi connectivity index (χ0n) is 8.86. The van der Waals surface area contributed by atoms with Crippen LogP contribution in [-0.2, 0) is 0 Å². The third-order valence-electron chi connectivity index (χ3n) is 2.30. The van der Waals surface area contributed by atoms with Crippen molar-refractivity contribution in [1.82, 2.24) is 15.3 Å². The number of hydrogen-bond donors (Lipinski definition) is 2. The molecule has 1 saturated heterocycles. The van der Waals surface area contributed by atoms with Crippen LogP contribution in [0.4, 0.5) is 5.95 Å². The molecule has 16 heavy (non-hydrogen) atoms. The van der Waals surface area contributed by atoms with E-state index in [1.165, 1.54) is 13.3 Å². The van der Waals surface area contributed by atoms with Gasteiger partial charge in [-0.15, -0.1) is 12.4 Å². The fraction of sp³-hybridized carbons (Fsp3) is 0.556. The molecule has 0 saturated carbocycles. The Kier molecular flexibility index (Phi) is 5.05. The SMILES string of the molecule is COc1nc(N[C@@H]2CCNC2)ncc1Cl.Cl. The molecule has 5 nitrogen and oxygen atoms in total. The molecular formula is C9H14Cl2N4O. The van der Waals surface area contributed by atoms with Gasteiger partial charge in [0, 0.05) is 12.6 Å². The molecule has 2 rings (SSSR count). The van der Waals surface area contributed by atoms with Gasteiger partial charge < -0.3 is 15.4 Å². The monoisotopic (exact) mass is 264 g/mol. The third-order valence-corrected chi connectivity index (χ3v) is 2.56. The van der Waals surface area contributed by atoms with E-state index in [0.717, 1.165) is 19.5 Å². The van der Waals surface area contributed by atoms with Crippen LogP contribution >= 0.6 is 24.0 Å². The molecule has 0 radical (unpaired) electrons. The molecule has 1 aliphatic rings. The molecule has 1 atom stereocenters. The quantitative estimate of drug-likeness (QED) is 0.863. The van der Waals surface area contributed by atoms with Crippen LogP contribution in [0.3, 0.4) is 0 Å². The molecule has 1 aliphatic heterocycles. The first kappa shape index (κ1) is 13.3. The lowest BCUT2D eigenvalue weighted by Crippen LogP contribution is -2.23. The number of halogens is 2. The van der Waals surface area contributed by atoms with Crippen molar-refractivity contribution < 1.29 is 4.74 Å². The van der Waals surface area contributed by atoms with Crippen LogP contribution in [0, 0.1) is 0 Å². The second-order valence-electron chi connectivity index (χ2n) is 3.38. The van der Waals surface area contributed by atoms with E-state index >= 15 is 0 Å². The van der Waals surface area contributed by atoms with Crippen molar-refractivity contribution >= 4 is 30.0 Å². The van der Waals surface area contributed by atoms with Crippen molar-refractivity contribution in [3.8, 4) is 5.88 Å². The van der Waals surface area contributed by atoms with Crippen LogP contribution in [0.5, 0.6) is 5.88 Å². The van der Waals surface area contributed by atoms with Crippen LogP contribution < -0.4 is 15.4 Å². The van der Waals surface area contributed by atoms with Crippen LogP contribution in [0.1, 0.15) is 6.42 Å². The molecule has 7 heteroatoms. The second-order valence-corrected chi connectivity index (χ2v) is 3.79. The van der Waals surface area contributed by atoms with E-state index in [9.17, 15) is 0 Å². The molecule has 0 amide bonds. The zero-order valence-corrected chi connectivity index (χ0v) is 10.4.